The zero-order chi connectivity index (χ0) is 12.4. The number of rotatable bonds is 2. The molecule has 1 unspecified atom stereocenters. The molecule has 0 aliphatic carbocycles. The van der Waals surface area contributed by atoms with Crippen LogP contribution in [0.1, 0.15) is 49.8 Å². The third-order valence-electron chi connectivity index (χ3n) is 3.34. The molecule has 0 saturated heterocycles. The molecular formula is C13H16N4. The molecule has 0 saturated carbocycles. The van der Waals surface area contributed by atoms with Gasteiger partial charge < -0.3 is 4.57 Å². The van der Waals surface area contributed by atoms with Crippen molar-refractivity contribution in [2.24, 2.45) is 5.92 Å². The smallest absolute Gasteiger partial charge is 0.162 e. The summed E-state index contributed by atoms with van der Waals surface area (Å²) in [5.41, 5.74) is 1.54. The third-order valence-corrected chi connectivity index (χ3v) is 3.34. The summed E-state index contributed by atoms with van der Waals surface area (Å²) in [5.74, 6) is 0.794. The Hall–Kier alpha value is -1.81. The van der Waals surface area contributed by atoms with Gasteiger partial charge in [0.05, 0.1) is 11.8 Å². The lowest BCUT2D eigenvalue weighted by Gasteiger charge is -2.19. The summed E-state index contributed by atoms with van der Waals surface area (Å²) >= 11 is 0. The molecule has 2 heterocycles. The lowest BCUT2D eigenvalue weighted by atomic mass is 9.96. The second kappa shape index (κ2) is 4.59. The van der Waals surface area contributed by atoms with E-state index in [0.717, 1.165) is 37.3 Å². The second-order valence-electron chi connectivity index (χ2n) is 4.84. The van der Waals surface area contributed by atoms with Crippen LogP contribution in [0.25, 0.3) is 0 Å². The first kappa shape index (κ1) is 11.7. The fraction of sp³-hybridized carbons (Fsp3) is 0.615. The van der Waals surface area contributed by atoms with Crippen molar-refractivity contribution in [3.8, 4) is 12.1 Å². The van der Waals surface area contributed by atoms with E-state index in [9.17, 15) is 5.26 Å². The van der Waals surface area contributed by atoms with Crippen molar-refractivity contribution in [1.82, 2.24) is 9.55 Å². The van der Waals surface area contributed by atoms with Crippen molar-refractivity contribution >= 4 is 0 Å². The first-order valence-corrected chi connectivity index (χ1v) is 6.08. The molecule has 2 rings (SSSR count). The summed E-state index contributed by atoms with van der Waals surface area (Å²) in [6.45, 7) is 4.93. The van der Waals surface area contributed by atoms with Crippen LogP contribution in [0.2, 0.25) is 0 Å². The molecule has 0 N–H and O–H groups in total. The quantitative estimate of drug-likeness (QED) is 0.780. The molecule has 1 atom stereocenters. The number of nitrogens with zero attached hydrogens (tertiary/aromatic N) is 4. The Morgan fingerprint density at radius 3 is 2.65 bits per heavy atom. The fourth-order valence-electron chi connectivity index (χ4n) is 2.40. The average molecular weight is 228 g/mol. The molecule has 88 valence electrons. The molecule has 4 nitrogen and oxygen atoms in total. The highest BCUT2D eigenvalue weighted by Crippen LogP contribution is 2.28. The van der Waals surface area contributed by atoms with E-state index in [4.69, 9.17) is 5.26 Å². The van der Waals surface area contributed by atoms with Crippen LogP contribution >= 0.6 is 0 Å². The van der Waals surface area contributed by atoms with Crippen LogP contribution in [0.4, 0.5) is 0 Å². The molecule has 17 heavy (non-hydrogen) atoms. The Bertz CT molecular complexity index is 499. The molecule has 0 spiro atoms. The van der Waals surface area contributed by atoms with Gasteiger partial charge in [-0.05, 0) is 25.2 Å². The number of hydrogen-bond acceptors (Lipinski definition) is 3. The highest BCUT2D eigenvalue weighted by atomic mass is 15.1. The van der Waals surface area contributed by atoms with E-state index in [1.165, 1.54) is 0 Å². The van der Waals surface area contributed by atoms with Gasteiger partial charge in [0.25, 0.3) is 0 Å². The van der Waals surface area contributed by atoms with E-state index in [-0.39, 0.29) is 11.8 Å². The Labute approximate surface area is 101 Å². The molecule has 0 bridgehead atoms. The summed E-state index contributed by atoms with van der Waals surface area (Å²) in [6.07, 6.45) is 3.13. The maximum atomic E-state index is 9.25. The maximum Gasteiger partial charge on any atom is 0.162 e. The first-order valence-electron chi connectivity index (χ1n) is 6.08. The van der Waals surface area contributed by atoms with Gasteiger partial charge >= 0.3 is 0 Å². The fourth-order valence-corrected chi connectivity index (χ4v) is 2.40. The van der Waals surface area contributed by atoms with Gasteiger partial charge in [-0.2, -0.15) is 10.5 Å². The van der Waals surface area contributed by atoms with Crippen LogP contribution in [-0.4, -0.2) is 9.55 Å². The topological polar surface area (TPSA) is 65.4 Å². The highest BCUT2D eigenvalue weighted by molar-refractivity contribution is 5.32. The summed E-state index contributed by atoms with van der Waals surface area (Å²) in [5, 5.41) is 18.3. The predicted molar refractivity (Wildman–Crippen MR) is 63.1 cm³/mol. The standard InChI is InChI=1S/C13H16N4/c1-9(2)10(7-14)13-16-11(8-15)12-5-3-4-6-17(12)13/h9-10H,3-6H2,1-2H3. The van der Waals surface area contributed by atoms with Gasteiger partial charge in [0.1, 0.15) is 17.8 Å². The second-order valence-corrected chi connectivity index (χ2v) is 4.84. The van der Waals surface area contributed by atoms with Crippen LogP contribution in [0.15, 0.2) is 0 Å². The SMILES string of the molecule is CC(C)C(C#N)c1nc(C#N)c2n1CCCC2. The normalized spacial score (nSPS) is 16.1. The molecule has 1 aliphatic heterocycles. The van der Waals surface area contributed by atoms with Gasteiger partial charge in [-0.15, -0.1) is 0 Å². The largest absolute Gasteiger partial charge is 0.330 e. The molecule has 1 aromatic rings. The van der Waals surface area contributed by atoms with Gasteiger partial charge in [-0.25, -0.2) is 4.98 Å². The number of fused-ring (bicyclic) bond motifs is 1. The lowest BCUT2D eigenvalue weighted by Crippen LogP contribution is -2.17. The Morgan fingerprint density at radius 1 is 1.29 bits per heavy atom. The van der Waals surface area contributed by atoms with Crippen molar-refractivity contribution in [3.63, 3.8) is 0 Å². The van der Waals surface area contributed by atoms with Crippen LogP contribution in [0.3, 0.4) is 0 Å². The Morgan fingerprint density at radius 2 is 2.06 bits per heavy atom. The van der Waals surface area contributed by atoms with Crippen LogP contribution in [-0.2, 0) is 13.0 Å². The third kappa shape index (κ3) is 1.91. The lowest BCUT2D eigenvalue weighted by molar-refractivity contribution is 0.476. The molecule has 0 fully saturated rings. The van der Waals surface area contributed by atoms with Gasteiger partial charge in [-0.3, -0.25) is 0 Å². The van der Waals surface area contributed by atoms with Crippen molar-refractivity contribution in [3.05, 3.63) is 17.2 Å². The van der Waals surface area contributed by atoms with Crippen molar-refractivity contribution in [2.75, 3.05) is 0 Å². The van der Waals surface area contributed by atoms with Crippen LogP contribution < -0.4 is 0 Å². The van der Waals surface area contributed by atoms with Gasteiger partial charge in [0, 0.05) is 6.54 Å². The summed E-state index contributed by atoms with van der Waals surface area (Å²) in [7, 11) is 0. The van der Waals surface area contributed by atoms with Gasteiger partial charge in [-0.1, -0.05) is 13.8 Å². The van der Waals surface area contributed by atoms with E-state index in [2.05, 4.69) is 21.7 Å². The number of nitriles is 2. The van der Waals surface area contributed by atoms with E-state index in [1.807, 2.05) is 13.8 Å². The zero-order valence-corrected chi connectivity index (χ0v) is 10.3. The highest BCUT2D eigenvalue weighted by Gasteiger charge is 2.26. The molecule has 4 heteroatoms. The molecule has 0 amide bonds. The minimum absolute atomic E-state index is 0.214. The molecular weight excluding hydrogens is 212 g/mol. The van der Waals surface area contributed by atoms with Crippen LogP contribution in [0, 0.1) is 28.6 Å². The Balaban J connectivity index is 2.52. The van der Waals surface area contributed by atoms with E-state index >= 15 is 0 Å². The monoisotopic (exact) mass is 228 g/mol. The maximum absolute atomic E-state index is 9.25. The molecule has 0 radical (unpaired) electrons. The Kier molecular flexibility index (Phi) is 3.15. The number of hydrogen-bond donors (Lipinski definition) is 0. The first-order chi connectivity index (χ1) is 8.19. The predicted octanol–water partition coefficient (Wildman–Crippen LogP) is 2.35. The minimum Gasteiger partial charge on any atom is -0.330 e. The summed E-state index contributed by atoms with van der Waals surface area (Å²) < 4.78 is 2.09. The average Bonchev–Trinajstić information content (AvgIpc) is 2.69. The summed E-state index contributed by atoms with van der Waals surface area (Å²) in [6, 6.07) is 4.46. The van der Waals surface area contributed by atoms with Crippen molar-refractivity contribution < 1.29 is 0 Å². The molecule has 1 aliphatic rings. The van der Waals surface area contributed by atoms with Crippen molar-refractivity contribution in [2.45, 2.75) is 45.6 Å². The summed E-state index contributed by atoms with van der Waals surface area (Å²) in [4.78, 5) is 4.38. The van der Waals surface area contributed by atoms with E-state index in [0.29, 0.717) is 5.69 Å². The van der Waals surface area contributed by atoms with E-state index in [1.54, 1.807) is 0 Å². The molecule has 1 aromatic heterocycles. The number of imidazole rings is 1. The minimum atomic E-state index is -0.214. The van der Waals surface area contributed by atoms with Crippen molar-refractivity contribution in [1.29, 1.82) is 10.5 Å². The van der Waals surface area contributed by atoms with Crippen LogP contribution in [0.5, 0.6) is 0 Å². The molecule has 0 aromatic carbocycles. The van der Waals surface area contributed by atoms with E-state index < -0.39 is 0 Å². The van der Waals surface area contributed by atoms with Gasteiger partial charge in [0.15, 0.2) is 5.69 Å². The zero-order valence-electron chi connectivity index (χ0n) is 10.3. The number of aromatic nitrogens is 2. The van der Waals surface area contributed by atoms with Gasteiger partial charge in [0.2, 0.25) is 0 Å².